The van der Waals surface area contributed by atoms with Crippen LogP contribution in [0.25, 0.3) is 0 Å². The number of benzene rings is 2. The smallest absolute Gasteiger partial charge is 0.173 e. The SMILES string of the molecule is CCOc1ccccc1NC(=S)N(CC)C1CCN(Cc2ccccc2)C1. The van der Waals surface area contributed by atoms with Crippen LogP contribution < -0.4 is 10.1 Å². The number of para-hydroxylation sites is 2. The average Bonchev–Trinajstić information content (AvgIpc) is 3.13. The minimum atomic E-state index is 0.443. The number of nitrogens with zero attached hydrogens (tertiary/aromatic N) is 2. The van der Waals surface area contributed by atoms with E-state index in [0.717, 1.165) is 49.1 Å². The lowest BCUT2D eigenvalue weighted by molar-refractivity contribution is 0.282. The minimum Gasteiger partial charge on any atom is -0.492 e. The number of likely N-dealkylation sites (tertiary alicyclic amines) is 1. The number of hydrogen-bond donors (Lipinski definition) is 1. The van der Waals surface area contributed by atoms with Gasteiger partial charge in [-0.25, -0.2) is 0 Å². The summed E-state index contributed by atoms with van der Waals surface area (Å²) in [5.74, 6) is 0.843. The first kappa shape index (κ1) is 19.6. The van der Waals surface area contributed by atoms with E-state index in [0.29, 0.717) is 12.6 Å². The van der Waals surface area contributed by atoms with Gasteiger partial charge in [-0.15, -0.1) is 0 Å². The van der Waals surface area contributed by atoms with Gasteiger partial charge in [0.05, 0.1) is 12.3 Å². The van der Waals surface area contributed by atoms with Crippen molar-refractivity contribution >= 4 is 23.0 Å². The summed E-state index contributed by atoms with van der Waals surface area (Å²) in [5, 5.41) is 4.18. The summed E-state index contributed by atoms with van der Waals surface area (Å²) in [6.07, 6.45) is 1.13. The van der Waals surface area contributed by atoms with Crippen molar-refractivity contribution in [2.75, 3.05) is 31.6 Å². The largest absolute Gasteiger partial charge is 0.492 e. The maximum absolute atomic E-state index is 5.75. The summed E-state index contributed by atoms with van der Waals surface area (Å²) in [6, 6.07) is 19.1. The van der Waals surface area contributed by atoms with E-state index >= 15 is 0 Å². The summed E-state index contributed by atoms with van der Waals surface area (Å²) in [7, 11) is 0. The molecule has 1 fully saturated rings. The number of hydrogen-bond acceptors (Lipinski definition) is 3. The van der Waals surface area contributed by atoms with Gasteiger partial charge in [-0.3, -0.25) is 4.90 Å². The molecular weight excluding hydrogens is 354 g/mol. The maximum atomic E-state index is 5.75. The number of ether oxygens (including phenoxy) is 1. The van der Waals surface area contributed by atoms with Crippen LogP contribution in [-0.4, -0.2) is 47.2 Å². The zero-order chi connectivity index (χ0) is 19.1. The lowest BCUT2D eigenvalue weighted by Crippen LogP contribution is -2.44. The van der Waals surface area contributed by atoms with Gasteiger partial charge in [0.2, 0.25) is 0 Å². The number of anilines is 1. The van der Waals surface area contributed by atoms with Crippen LogP contribution in [0, 0.1) is 0 Å². The van der Waals surface area contributed by atoms with Crippen molar-refractivity contribution in [1.82, 2.24) is 9.80 Å². The van der Waals surface area contributed by atoms with Crippen molar-refractivity contribution in [2.24, 2.45) is 0 Å². The summed E-state index contributed by atoms with van der Waals surface area (Å²) < 4.78 is 5.71. The molecule has 2 aromatic rings. The van der Waals surface area contributed by atoms with Crippen molar-refractivity contribution in [3.8, 4) is 5.75 Å². The normalized spacial score (nSPS) is 16.9. The Labute approximate surface area is 168 Å². The number of rotatable bonds is 7. The first-order valence-electron chi connectivity index (χ1n) is 9.77. The molecule has 2 aromatic carbocycles. The fourth-order valence-electron chi connectivity index (χ4n) is 3.66. The van der Waals surface area contributed by atoms with Crippen molar-refractivity contribution in [3.63, 3.8) is 0 Å². The van der Waals surface area contributed by atoms with Crippen molar-refractivity contribution in [1.29, 1.82) is 0 Å². The average molecular weight is 384 g/mol. The first-order chi connectivity index (χ1) is 13.2. The molecule has 1 heterocycles. The molecule has 0 bridgehead atoms. The maximum Gasteiger partial charge on any atom is 0.173 e. The molecule has 1 saturated heterocycles. The minimum absolute atomic E-state index is 0.443. The summed E-state index contributed by atoms with van der Waals surface area (Å²) in [5.41, 5.74) is 2.30. The van der Waals surface area contributed by atoms with Gasteiger partial charge in [0.25, 0.3) is 0 Å². The van der Waals surface area contributed by atoms with Crippen LogP contribution in [0.1, 0.15) is 25.8 Å². The topological polar surface area (TPSA) is 27.7 Å². The molecule has 27 heavy (non-hydrogen) atoms. The van der Waals surface area contributed by atoms with Crippen LogP contribution in [-0.2, 0) is 6.54 Å². The molecule has 1 N–H and O–H groups in total. The molecule has 3 rings (SSSR count). The van der Waals surface area contributed by atoms with Gasteiger partial charge in [-0.05, 0) is 50.2 Å². The molecule has 0 aliphatic carbocycles. The molecule has 0 spiro atoms. The quantitative estimate of drug-likeness (QED) is 0.717. The zero-order valence-electron chi connectivity index (χ0n) is 16.2. The Bertz CT molecular complexity index is 737. The fraction of sp³-hybridized carbons (Fsp3) is 0.409. The second-order valence-electron chi connectivity index (χ2n) is 6.81. The number of nitrogens with one attached hydrogen (secondary N) is 1. The first-order valence-corrected chi connectivity index (χ1v) is 10.2. The van der Waals surface area contributed by atoms with Crippen LogP contribution in [0.5, 0.6) is 5.75 Å². The highest BCUT2D eigenvalue weighted by molar-refractivity contribution is 7.80. The van der Waals surface area contributed by atoms with E-state index in [1.807, 2.05) is 31.2 Å². The van der Waals surface area contributed by atoms with E-state index in [1.54, 1.807) is 0 Å². The lowest BCUT2D eigenvalue weighted by Gasteiger charge is -2.31. The molecule has 4 nitrogen and oxygen atoms in total. The highest BCUT2D eigenvalue weighted by Gasteiger charge is 2.28. The Hall–Kier alpha value is -2.11. The monoisotopic (exact) mass is 383 g/mol. The van der Waals surface area contributed by atoms with Crippen molar-refractivity contribution < 1.29 is 4.74 Å². The van der Waals surface area contributed by atoms with E-state index in [4.69, 9.17) is 17.0 Å². The highest BCUT2D eigenvalue weighted by atomic mass is 32.1. The van der Waals surface area contributed by atoms with E-state index in [9.17, 15) is 0 Å². The van der Waals surface area contributed by atoms with E-state index in [-0.39, 0.29) is 0 Å². The van der Waals surface area contributed by atoms with Gasteiger partial charge in [0.1, 0.15) is 5.75 Å². The Kier molecular flexibility index (Phi) is 7.07. The van der Waals surface area contributed by atoms with Crippen LogP contribution >= 0.6 is 12.2 Å². The summed E-state index contributed by atoms with van der Waals surface area (Å²) in [6.45, 7) is 8.84. The molecule has 1 atom stereocenters. The van der Waals surface area contributed by atoms with Crippen LogP contribution in [0.15, 0.2) is 54.6 Å². The second kappa shape index (κ2) is 9.72. The standard InChI is InChI=1S/C22H29N3OS/c1-3-25(22(27)23-20-12-8-9-13-21(20)26-4-2)19-14-15-24(17-19)16-18-10-6-5-7-11-18/h5-13,19H,3-4,14-17H2,1-2H3,(H,23,27). The van der Waals surface area contributed by atoms with E-state index in [1.165, 1.54) is 5.56 Å². The molecule has 5 heteroatoms. The van der Waals surface area contributed by atoms with Gasteiger partial charge in [-0.1, -0.05) is 42.5 Å². The van der Waals surface area contributed by atoms with Crippen LogP contribution in [0.3, 0.4) is 0 Å². The summed E-state index contributed by atoms with van der Waals surface area (Å²) >= 11 is 5.75. The highest BCUT2D eigenvalue weighted by Crippen LogP contribution is 2.25. The molecule has 0 saturated carbocycles. The third-order valence-corrected chi connectivity index (χ3v) is 5.30. The molecule has 1 aliphatic rings. The zero-order valence-corrected chi connectivity index (χ0v) is 17.0. The molecule has 144 valence electrons. The van der Waals surface area contributed by atoms with E-state index in [2.05, 4.69) is 52.4 Å². The Morgan fingerprint density at radius 3 is 2.63 bits per heavy atom. The van der Waals surface area contributed by atoms with E-state index < -0.39 is 0 Å². The molecule has 1 unspecified atom stereocenters. The second-order valence-corrected chi connectivity index (χ2v) is 7.20. The third-order valence-electron chi connectivity index (χ3n) is 4.97. The Morgan fingerprint density at radius 1 is 1.15 bits per heavy atom. The molecule has 1 aliphatic heterocycles. The number of likely N-dealkylation sites (N-methyl/N-ethyl adjacent to an activating group) is 1. The van der Waals surface area contributed by atoms with Gasteiger partial charge in [-0.2, -0.15) is 0 Å². The van der Waals surface area contributed by atoms with Crippen LogP contribution in [0.2, 0.25) is 0 Å². The molecule has 0 aromatic heterocycles. The Morgan fingerprint density at radius 2 is 1.89 bits per heavy atom. The predicted molar refractivity (Wildman–Crippen MR) is 116 cm³/mol. The summed E-state index contributed by atoms with van der Waals surface area (Å²) in [4.78, 5) is 4.82. The van der Waals surface area contributed by atoms with Gasteiger partial charge < -0.3 is 15.0 Å². The molecule has 0 radical (unpaired) electrons. The Balaban J connectivity index is 1.61. The molecular formula is C22H29N3OS. The van der Waals surface area contributed by atoms with Gasteiger partial charge >= 0.3 is 0 Å². The van der Waals surface area contributed by atoms with Crippen molar-refractivity contribution in [3.05, 3.63) is 60.2 Å². The molecule has 0 amide bonds. The van der Waals surface area contributed by atoms with Crippen molar-refractivity contribution in [2.45, 2.75) is 32.9 Å². The van der Waals surface area contributed by atoms with Crippen LogP contribution in [0.4, 0.5) is 5.69 Å². The number of thiocarbonyl (C=S) groups is 1. The predicted octanol–water partition coefficient (Wildman–Crippen LogP) is 4.38. The lowest BCUT2D eigenvalue weighted by atomic mass is 10.2. The van der Waals surface area contributed by atoms with Gasteiger partial charge in [0.15, 0.2) is 5.11 Å². The fourth-order valence-corrected chi connectivity index (χ4v) is 4.05. The van der Waals surface area contributed by atoms with Gasteiger partial charge in [0, 0.05) is 32.2 Å². The third kappa shape index (κ3) is 5.21.